The SMILES string of the molecule is COC[C@H](C)NC(=O)[C@@H](C)N(c1ccc(Oc2ccccc2)cc1)S(C)(=O)=O. The molecule has 8 heteroatoms. The lowest BCUT2D eigenvalue weighted by molar-refractivity contribution is -0.122. The van der Waals surface area contributed by atoms with Gasteiger partial charge in [-0.15, -0.1) is 0 Å². The van der Waals surface area contributed by atoms with Gasteiger partial charge in [0.05, 0.1) is 18.6 Å². The summed E-state index contributed by atoms with van der Waals surface area (Å²) in [4.78, 5) is 12.5. The van der Waals surface area contributed by atoms with E-state index in [1.54, 1.807) is 38.1 Å². The molecular formula is C20H26N2O5S. The van der Waals surface area contributed by atoms with Crippen molar-refractivity contribution in [3.63, 3.8) is 0 Å². The Morgan fingerprint density at radius 2 is 1.61 bits per heavy atom. The molecule has 2 rings (SSSR count). The zero-order chi connectivity index (χ0) is 20.7. The first-order valence-electron chi connectivity index (χ1n) is 8.84. The monoisotopic (exact) mass is 406 g/mol. The highest BCUT2D eigenvalue weighted by Gasteiger charge is 2.29. The Hall–Kier alpha value is -2.58. The van der Waals surface area contributed by atoms with E-state index in [4.69, 9.17) is 9.47 Å². The summed E-state index contributed by atoms with van der Waals surface area (Å²) in [6.07, 6.45) is 1.07. The van der Waals surface area contributed by atoms with Crippen LogP contribution in [0, 0.1) is 0 Å². The molecule has 0 heterocycles. The quantitative estimate of drug-likeness (QED) is 0.692. The number of anilines is 1. The molecule has 2 atom stereocenters. The second-order valence-electron chi connectivity index (χ2n) is 6.51. The number of rotatable bonds is 9. The van der Waals surface area contributed by atoms with Crippen molar-refractivity contribution in [2.24, 2.45) is 0 Å². The van der Waals surface area contributed by atoms with Gasteiger partial charge in [-0.2, -0.15) is 0 Å². The second kappa shape index (κ2) is 9.57. The van der Waals surface area contributed by atoms with Crippen molar-refractivity contribution < 1.29 is 22.7 Å². The third-order valence-electron chi connectivity index (χ3n) is 3.96. The van der Waals surface area contributed by atoms with Gasteiger partial charge < -0.3 is 14.8 Å². The summed E-state index contributed by atoms with van der Waals surface area (Å²) in [6.45, 7) is 3.67. The lowest BCUT2D eigenvalue weighted by atomic mass is 10.2. The Kier molecular flexibility index (Phi) is 7.42. The first kappa shape index (κ1) is 21.7. The number of amides is 1. The van der Waals surface area contributed by atoms with Gasteiger partial charge in [-0.3, -0.25) is 9.10 Å². The molecule has 1 N–H and O–H groups in total. The van der Waals surface area contributed by atoms with Crippen LogP contribution >= 0.6 is 0 Å². The summed E-state index contributed by atoms with van der Waals surface area (Å²) in [5, 5.41) is 2.75. The molecule has 0 radical (unpaired) electrons. The van der Waals surface area contributed by atoms with Crippen LogP contribution in [0.15, 0.2) is 54.6 Å². The van der Waals surface area contributed by atoms with Gasteiger partial charge in [-0.1, -0.05) is 18.2 Å². The number of nitrogens with zero attached hydrogens (tertiary/aromatic N) is 1. The molecule has 0 saturated carbocycles. The fraction of sp³-hybridized carbons (Fsp3) is 0.350. The molecule has 0 aliphatic rings. The maximum atomic E-state index is 12.5. The maximum Gasteiger partial charge on any atom is 0.243 e. The summed E-state index contributed by atoms with van der Waals surface area (Å²) in [7, 11) is -2.15. The summed E-state index contributed by atoms with van der Waals surface area (Å²) in [6, 6.07) is 14.7. The second-order valence-corrected chi connectivity index (χ2v) is 8.37. The van der Waals surface area contributed by atoms with Gasteiger partial charge >= 0.3 is 0 Å². The van der Waals surface area contributed by atoms with Crippen LogP contribution in [-0.4, -0.2) is 46.4 Å². The van der Waals surface area contributed by atoms with Gasteiger partial charge in [0.25, 0.3) is 0 Å². The third-order valence-corrected chi connectivity index (χ3v) is 5.21. The van der Waals surface area contributed by atoms with E-state index in [2.05, 4.69) is 5.32 Å². The molecule has 2 aromatic rings. The maximum absolute atomic E-state index is 12.5. The smallest absolute Gasteiger partial charge is 0.243 e. The number of ether oxygens (including phenoxy) is 2. The molecule has 2 aromatic carbocycles. The van der Waals surface area contributed by atoms with Gasteiger partial charge in [0.1, 0.15) is 17.5 Å². The minimum absolute atomic E-state index is 0.233. The minimum Gasteiger partial charge on any atom is -0.457 e. The Morgan fingerprint density at radius 3 is 2.14 bits per heavy atom. The highest BCUT2D eigenvalue weighted by Crippen LogP contribution is 2.26. The lowest BCUT2D eigenvalue weighted by Gasteiger charge is -2.29. The van der Waals surface area contributed by atoms with E-state index in [0.717, 1.165) is 10.6 Å². The number of carbonyl (C=O) groups excluding carboxylic acids is 1. The predicted molar refractivity (Wildman–Crippen MR) is 109 cm³/mol. The Bertz CT molecular complexity index is 869. The average molecular weight is 407 g/mol. The van der Waals surface area contributed by atoms with Gasteiger partial charge in [0, 0.05) is 13.2 Å². The molecular weight excluding hydrogens is 380 g/mol. The molecule has 152 valence electrons. The summed E-state index contributed by atoms with van der Waals surface area (Å²) in [5.41, 5.74) is 0.380. The van der Waals surface area contributed by atoms with Crippen molar-refractivity contribution in [2.45, 2.75) is 25.9 Å². The number of hydrogen-bond donors (Lipinski definition) is 1. The van der Waals surface area contributed by atoms with Gasteiger partial charge in [0.15, 0.2) is 0 Å². The fourth-order valence-electron chi connectivity index (χ4n) is 2.75. The number of hydrogen-bond acceptors (Lipinski definition) is 5. The van der Waals surface area contributed by atoms with Crippen LogP contribution in [0.1, 0.15) is 13.8 Å². The molecule has 0 bridgehead atoms. The van der Waals surface area contributed by atoms with E-state index in [-0.39, 0.29) is 6.04 Å². The molecule has 0 aliphatic carbocycles. The zero-order valence-corrected chi connectivity index (χ0v) is 17.3. The standard InChI is InChI=1S/C20H26N2O5S/c1-15(14-26-3)21-20(23)16(2)22(28(4,24)25)17-10-12-19(13-11-17)27-18-8-6-5-7-9-18/h5-13,15-16H,14H2,1-4H3,(H,21,23)/t15-,16+/m0/s1. The highest BCUT2D eigenvalue weighted by atomic mass is 32.2. The van der Waals surface area contributed by atoms with Gasteiger partial charge in [-0.05, 0) is 50.2 Å². The largest absolute Gasteiger partial charge is 0.457 e. The number of nitrogens with one attached hydrogen (secondary N) is 1. The van der Waals surface area contributed by atoms with E-state index in [0.29, 0.717) is 23.8 Å². The Morgan fingerprint density at radius 1 is 1.04 bits per heavy atom. The van der Waals surface area contributed by atoms with Crippen molar-refractivity contribution in [3.8, 4) is 11.5 Å². The third kappa shape index (κ3) is 5.97. The predicted octanol–water partition coefficient (Wildman–Crippen LogP) is 2.78. The van der Waals surface area contributed by atoms with E-state index in [1.165, 1.54) is 7.11 Å². The summed E-state index contributed by atoms with van der Waals surface area (Å²) >= 11 is 0. The van der Waals surface area contributed by atoms with Crippen LogP contribution in [0.5, 0.6) is 11.5 Å². The summed E-state index contributed by atoms with van der Waals surface area (Å²) < 4.78 is 36.5. The van der Waals surface area contributed by atoms with Crippen LogP contribution in [0.25, 0.3) is 0 Å². The van der Waals surface area contributed by atoms with Crippen LogP contribution in [0.2, 0.25) is 0 Å². The molecule has 28 heavy (non-hydrogen) atoms. The first-order chi connectivity index (χ1) is 13.2. The Balaban J connectivity index is 2.20. The van der Waals surface area contributed by atoms with Crippen LogP contribution in [0.3, 0.4) is 0 Å². The molecule has 0 aromatic heterocycles. The van der Waals surface area contributed by atoms with E-state index in [1.807, 2.05) is 30.3 Å². The normalized spacial score (nSPS) is 13.4. The lowest BCUT2D eigenvalue weighted by Crippen LogP contribution is -2.50. The topological polar surface area (TPSA) is 84.9 Å². The van der Waals surface area contributed by atoms with Crippen LogP contribution in [0.4, 0.5) is 5.69 Å². The first-order valence-corrected chi connectivity index (χ1v) is 10.7. The highest BCUT2D eigenvalue weighted by molar-refractivity contribution is 7.92. The molecule has 0 saturated heterocycles. The van der Waals surface area contributed by atoms with Crippen molar-refractivity contribution in [1.82, 2.24) is 5.32 Å². The molecule has 0 aliphatic heterocycles. The molecule has 0 spiro atoms. The molecule has 7 nitrogen and oxygen atoms in total. The van der Waals surface area contributed by atoms with Crippen molar-refractivity contribution in [3.05, 3.63) is 54.6 Å². The fourth-order valence-corrected chi connectivity index (χ4v) is 3.92. The average Bonchev–Trinajstić information content (AvgIpc) is 2.63. The van der Waals surface area contributed by atoms with Crippen LogP contribution in [-0.2, 0) is 19.6 Å². The van der Waals surface area contributed by atoms with Gasteiger partial charge in [0.2, 0.25) is 15.9 Å². The molecule has 1 amide bonds. The van der Waals surface area contributed by atoms with Crippen molar-refractivity contribution in [1.29, 1.82) is 0 Å². The number of sulfonamides is 1. The van der Waals surface area contributed by atoms with E-state index < -0.39 is 22.0 Å². The van der Waals surface area contributed by atoms with Crippen molar-refractivity contribution >= 4 is 21.6 Å². The van der Waals surface area contributed by atoms with Crippen LogP contribution < -0.4 is 14.4 Å². The van der Waals surface area contributed by atoms with Crippen molar-refractivity contribution in [2.75, 3.05) is 24.3 Å². The number of carbonyl (C=O) groups is 1. The molecule has 0 fully saturated rings. The molecule has 0 unspecified atom stereocenters. The Labute approximate surface area is 166 Å². The number of methoxy groups -OCH3 is 1. The summed E-state index contributed by atoms with van der Waals surface area (Å²) in [5.74, 6) is 0.837. The zero-order valence-electron chi connectivity index (χ0n) is 16.5. The minimum atomic E-state index is -3.68. The van der Waals surface area contributed by atoms with Gasteiger partial charge in [-0.25, -0.2) is 8.42 Å². The number of benzene rings is 2. The van der Waals surface area contributed by atoms with E-state index in [9.17, 15) is 13.2 Å². The van der Waals surface area contributed by atoms with E-state index >= 15 is 0 Å². The number of para-hydroxylation sites is 1.